The number of carbonyl (C=O) groups is 1. The van der Waals surface area contributed by atoms with Gasteiger partial charge < -0.3 is 8.83 Å². The second-order valence-electron chi connectivity index (χ2n) is 3.83. The number of rotatable bonds is 3. The molecule has 0 radical (unpaired) electrons. The van der Waals surface area contributed by atoms with Gasteiger partial charge in [-0.25, -0.2) is 0 Å². The van der Waals surface area contributed by atoms with Crippen molar-refractivity contribution in [1.29, 1.82) is 0 Å². The maximum Gasteiger partial charge on any atom is 0.205 e. The van der Waals surface area contributed by atoms with Crippen molar-refractivity contribution in [3.8, 4) is 0 Å². The lowest BCUT2D eigenvalue weighted by Gasteiger charge is -1.92. The van der Waals surface area contributed by atoms with Crippen molar-refractivity contribution in [1.82, 2.24) is 0 Å². The first-order valence-electron chi connectivity index (χ1n) is 5.37. The van der Waals surface area contributed by atoms with Crippen LogP contribution < -0.4 is 0 Å². The first-order valence-corrected chi connectivity index (χ1v) is 5.37. The number of fused-ring (bicyclic) bond motifs is 1. The number of ketones is 1. The predicted molar refractivity (Wildman–Crippen MR) is 63.0 cm³/mol. The minimum absolute atomic E-state index is 0.0730. The van der Waals surface area contributed by atoms with Gasteiger partial charge in [-0.2, -0.15) is 0 Å². The Morgan fingerprint density at radius 1 is 1.12 bits per heavy atom. The molecule has 0 bridgehead atoms. The van der Waals surface area contributed by atoms with Crippen LogP contribution in [0, 0.1) is 0 Å². The highest BCUT2D eigenvalue weighted by Gasteiger charge is 2.13. The van der Waals surface area contributed by atoms with Gasteiger partial charge in [0.05, 0.1) is 12.7 Å². The van der Waals surface area contributed by atoms with Crippen LogP contribution in [0.2, 0.25) is 0 Å². The van der Waals surface area contributed by atoms with E-state index in [2.05, 4.69) is 0 Å². The number of furan rings is 2. The Balaban J connectivity index is 1.90. The number of hydrogen-bond acceptors (Lipinski definition) is 3. The zero-order valence-corrected chi connectivity index (χ0v) is 9.05. The molecule has 0 atom stereocenters. The maximum absolute atomic E-state index is 11.9. The first kappa shape index (κ1) is 9.90. The molecule has 0 fully saturated rings. The van der Waals surface area contributed by atoms with Crippen LogP contribution >= 0.6 is 0 Å². The molecule has 0 aliphatic carbocycles. The van der Waals surface area contributed by atoms with E-state index in [-0.39, 0.29) is 12.2 Å². The van der Waals surface area contributed by atoms with E-state index in [9.17, 15) is 4.79 Å². The molecule has 3 aromatic rings. The molecule has 3 nitrogen and oxygen atoms in total. The van der Waals surface area contributed by atoms with E-state index in [0.717, 1.165) is 11.0 Å². The van der Waals surface area contributed by atoms with Crippen molar-refractivity contribution in [2.24, 2.45) is 0 Å². The molecule has 17 heavy (non-hydrogen) atoms. The molecule has 0 N–H and O–H groups in total. The molecule has 0 aliphatic rings. The average Bonchev–Trinajstić information content (AvgIpc) is 2.96. The van der Waals surface area contributed by atoms with Crippen LogP contribution in [0.3, 0.4) is 0 Å². The summed E-state index contributed by atoms with van der Waals surface area (Å²) in [5.41, 5.74) is 0.732. The summed E-state index contributed by atoms with van der Waals surface area (Å²) in [5.74, 6) is 0.953. The summed E-state index contributed by atoms with van der Waals surface area (Å²) in [4.78, 5) is 11.9. The van der Waals surface area contributed by atoms with E-state index >= 15 is 0 Å². The summed E-state index contributed by atoms with van der Waals surface area (Å²) in [5, 5.41) is 0.940. The van der Waals surface area contributed by atoms with Crippen molar-refractivity contribution in [3.05, 3.63) is 60.2 Å². The van der Waals surface area contributed by atoms with Crippen molar-refractivity contribution >= 4 is 16.8 Å². The molecule has 0 saturated carbocycles. The van der Waals surface area contributed by atoms with E-state index in [0.29, 0.717) is 11.5 Å². The Morgan fingerprint density at radius 3 is 2.76 bits per heavy atom. The van der Waals surface area contributed by atoms with Gasteiger partial charge in [0, 0.05) is 5.39 Å². The summed E-state index contributed by atoms with van der Waals surface area (Å²) < 4.78 is 10.6. The molecule has 2 heterocycles. The molecule has 2 aromatic heterocycles. The van der Waals surface area contributed by atoms with Crippen molar-refractivity contribution < 1.29 is 13.6 Å². The highest BCUT2D eigenvalue weighted by Crippen LogP contribution is 2.20. The highest BCUT2D eigenvalue weighted by atomic mass is 16.3. The maximum atomic E-state index is 11.9. The molecule has 0 amide bonds. The number of para-hydroxylation sites is 1. The van der Waals surface area contributed by atoms with Crippen LogP contribution in [-0.2, 0) is 6.42 Å². The Kier molecular flexibility index (Phi) is 2.29. The summed E-state index contributed by atoms with van der Waals surface area (Å²) >= 11 is 0. The van der Waals surface area contributed by atoms with E-state index < -0.39 is 0 Å². The second kappa shape index (κ2) is 3.94. The Bertz CT molecular complexity index is 614. The summed E-state index contributed by atoms with van der Waals surface area (Å²) in [7, 11) is 0. The lowest BCUT2D eigenvalue weighted by atomic mass is 10.2. The lowest BCUT2D eigenvalue weighted by molar-refractivity contribution is 0.0962. The van der Waals surface area contributed by atoms with E-state index in [4.69, 9.17) is 8.83 Å². The Hall–Kier alpha value is -2.29. The molecule has 3 rings (SSSR count). The van der Waals surface area contributed by atoms with Crippen molar-refractivity contribution in [2.45, 2.75) is 6.42 Å². The zero-order chi connectivity index (χ0) is 11.7. The van der Waals surface area contributed by atoms with Gasteiger partial charge in [-0.05, 0) is 24.3 Å². The fourth-order valence-electron chi connectivity index (χ4n) is 1.78. The molecule has 3 heteroatoms. The van der Waals surface area contributed by atoms with Crippen molar-refractivity contribution in [3.63, 3.8) is 0 Å². The standard InChI is InChI=1S/C14H10O3/c15-12(9-11-5-3-7-16-11)14-8-10-4-1-2-6-13(10)17-14/h1-8H,9H2. The summed E-state index contributed by atoms with van der Waals surface area (Å²) in [6.45, 7) is 0. The molecule has 0 spiro atoms. The SMILES string of the molecule is O=C(Cc1ccco1)c1cc2ccccc2o1. The largest absolute Gasteiger partial charge is 0.469 e. The third-order valence-electron chi connectivity index (χ3n) is 2.62. The van der Waals surface area contributed by atoms with E-state index in [1.165, 1.54) is 0 Å². The molecular weight excluding hydrogens is 216 g/mol. The van der Waals surface area contributed by atoms with Gasteiger partial charge in [0.2, 0.25) is 5.78 Å². The average molecular weight is 226 g/mol. The number of benzene rings is 1. The quantitative estimate of drug-likeness (QED) is 0.642. The summed E-state index contributed by atoms with van der Waals surface area (Å²) in [6, 6.07) is 12.9. The zero-order valence-electron chi connectivity index (χ0n) is 9.05. The van der Waals surface area contributed by atoms with Crippen LogP contribution in [0.15, 0.2) is 57.6 Å². The van der Waals surface area contributed by atoms with Crippen LogP contribution in [0.4, 0.5) is 0 Å². The lowest BCUT2D eigenvalue weighted by Crippen LogP contribution is -2.00. The van der Waals surface area contributed by atoms with Crippen molar-refractivity contribution in [2.75, 3.05) is 0 Å². The first-order chi connectivity index (χ1) is 8.33. The molecule has 1 aromatic carbocycles. The topological polar surface area (TPSA) is 43.4 Å². The predicted octanol–water partition coefficient (Wildman–Crippen LogP) is 3.45. The molecule has 0 unspecified atom stereocenters. The molecular formula is C14H10O3. The van der Waals surface area contributed by atoms with Gasteiger partial charge in [-0.1, -0.05) is 18.2 Å². The Morgan fingerprint density at radius 2 is 2.00 bits per heavy atom. The second-order valence-corrected chi connectivity index (χ2v) is 3.83. The van der Waals surface area contributed by atoms with Gasteiger partial charge >= 0.3 is 0 Å². The van der Waals surface area contributed by atoms with Gasteiger partial charge in [-0.3, -0.25) is 4.79 Å². The third kappa shape index (κ3) is 1.87. The molecule has 0 aliphatic heterocycles. The van der Waals surface area contributed by atoms with E-state index in [1.54, 1.807) is 24.5 Å². The number of Topliss-reactive ketones (excluding diaryl/α,β-unsaturated/α-hetero) is 1. The summed E-state index contributed by atoms with van der Waals surface area (Å²) in [6.07, 6.45) is 1.79. The monoisotopic (exact) mass is 226 g/mol. The minimum atomic E-state index is -0.0730. The molecule has 84 valence electrons. The van der Waals surface area contributed by atoms with Crippen LogP contribution in [0.5, 0.6) is 0 Å². The Labute approximate surface area is 97.7 Å². The van der Waals surface area contributed by atoms with Crippen LogP contribution in [0.25, 0.3) is 11.0 Å². The van der Waals surface area contributed by atoms with Gasteiger partial charge in [0.15, 0.2) is 5.76 Å². The van der Waals surface area contributed by atoms with Gasteiger partial charge in [0.1, 0.15) is 11.3 Å². The number of carbonyl (C=O) groups excluding carboxylic acids is 1. The van der Waals surface area contributed by atoms with Crippen LogP contribution in [-0.4, -0.2) is 5.78 Å². The highest BCUT2D eigenvalue weighted by molar-refractivity contribution is 5.98. The fraction of sp³-hybridized carbons (Fsp3) is 0.0714. The van der Waals surface area contributed by atoms with Gasteiger partial charge in [0.25, 0.3) is 0 Å². The third-order valence-corrected chi connectivity index (χ3v) is 2.62. The smallest absolute Gasteiger partial charge is 0.205 e. The van der Waals surface area contributed by atoms with Crippen LogP contribution in [0.1, 0.15) is 16.3 Å². The van der Waals surface area contributed by atoms with E-state index in [1.807, 2.05) is 24.3 Å². The van der Waals surface area contributed by atoms with Gasteiger partial charge in [-0.15, -0.1) is 0 Å². The number of hydrogen-bond donors (Lipinski definition) is 0. The normalized spacial score (nSPS) is 10.8. The molecule has 0 saturated heterocycles. The fourth-order valence-corrected chi connectivity index (χ4v) is 1.78. The minimum Gasteiger partial charge on any atom is -0.469 e.